The fourth-order valence-electron chi connectivity index (χ4n) is 2.54. The molecule has 20 heavy (non-hydrogen) atoms. The average molecular weight is 272 g/mol. The minimum absolute atomic E-state index is 0.109. The molecule has 1 fully saturated rings. The van der Waals surface area contributed by atoms with Crippen molar-refractivity contribution in [3.05, 3.63) is 35.4 Å². The lowest BCUT2D eigenvalue weighted by atomic mass is 10.1. The molecule has 4 heteroatoms. The van der Waals surface area contributed by atoms with E-state index in [1.54, 1.807) is 12.1 Å². The number of nitrogens with zero attached hydrogens (tertiary/aromatic N) is 2. The van der Waals surface area contributed by atoms with Gasteiger partial charge in [0, 0.05) is 19.5 Å². The minimum atomic E-state index is 0.109. The van der Waals surface area contributed by atoms with E-state index in [-0.39, 0.29) is 18.1 Å². The van der Waals surface area contributed by atoms with Gasteiger partial charge in [-0.2, -0.15) is 5.26 Å². The Morgan fingerprint density at radius 2 is 1.90 bits per heavy atom. The van der Waals surface area contributed by atoms with Gasteiger partial charge in [0.1, 0.15) is 0 Å². The van der Waals surface area contributed by atoms with Gasteiger partial charge in [-0.3, -0.25) is 4.79 Å². The van der Waals surface area contributed by atoms with Crippen molar-refractivity contribution in [3.8, 4) is 6.07 Å². The highest BCUT2D eigenvalue weighted by molar-refractivity contribution is 5.76. The lowest BCUT2D eigenvalue weighted by molar-refractivity contribution is -0.143. The maximum Gasteiger partial charge on any atom is 0.223 e. The summed E-state index contributed by atoms with van der Waals surface area (Å²) in [5, 5.41) is 8.74. The molecule has 0 bridgehead atoms. The zero-order chi connectivity index (χ0) is 14.5. The molecule has 2 unspecified atom stereocenters. The number of aryl methyl sites for hydroxylation is 1. The Kier molecular flexibility index (Phi) is 4.75. The van der Waals surface area contributed by atoms with Crippen LogP contribution < -0.4 is 0 Å². The molecule has 0 radical (unpaired) electrons. The van der Waals surface area contributed by atoms with Crippen molar-refractivity contribution in [3.63, 3.8) is 0 Å². The van der Waals surface area contributed by atoms with Crippen LogP contribution in [0.1, 0.15) is 31.4 Å². The largest absolute Gasteiger partial charge is 0.372 e. The van der Waals surface area contributed by atoms with Crippen LogP contribution in [0.4, 0.5) is 0 Å². The first-order chi connectivity index (χ1) is 9.58. The summed E-state index contributed by atoms with van der Waals surface area (Å²) in [4.78, 5) is 14.1. The van der Waals surface area contributed by atoms with Gasteiger partial charge in [0.05, 0.1) is 23.8 Å². The third-order valence-electron chi connectivity index (χ3n) is 3.48. The Hall–Kier alpha value is -1.86. The van der Waals surface area contributed by atoms with E-state index >= 15 is 0 Å². The standard InChI is InChI=1S/C16H20N2O2/c1-12-10-18(11-13(2)20-12)16(19)8-7-14-3-5-15(9-17)6-4-14/h3-6,12-13H,7-8,10-11H2,1-2H3. The first kappa shape index (κ1) is 14.5. The monoisotopic (exact) mass is 272 g/mol. The second-order valence-corrected chi connectivity index (χ2v) is 5.36. The Balaban J connectivity index is 1.86. The van der Waals surface area contributed by atoms with E-state index in [0.29, 0.717) is 31.5 Å². The number of morpholine rings is 1. The van der Waals surface area contributed by atoms with E-state index in [9.17, 15) is 4.79 Å². The molecule has 1 aromatic carbocycles. The van der Waals surface area contributed by atoms with Gasteiger partial charge in [0.15, 0.2) is 0 Å². The molecule has 4 nitrogen and oxygen atoms in total. The van der Waals surface area contributed by atoms with Gasteiger partial charge in [0.2, 0.25) is 5.91 Å². The number of nitriles is 1. The molecule has 1 heterocycles. The van der Waals surface area contributed by atoms with Crippen LogP contribution in [0.25, 0.3) is 0 Å². The zero-order valence-corrected chi connectivity index (χ0v) is 12.0. The van der Waals surface area contributed by atoms with Gasteiger partial charge in [0.25, 0.3) is 0 Å². The van der Waals surface area contributed by atoms with Gasteiger partial charge in [-0.25, -0.2) is 0 Å². The van der Waals surface area contributed by atoms with Crippen LogP contribution in [-0.4, -0.2) is 36.1 Å². The highest BCUT2D eigenvalue weighted by Gasteiger charge is 2.25. The van der Waals surface area contributed by atoms with Crippen LogP contribution >= 0.6 is 0 Å². The maximum absolute atomic E-state index is 12.2. The SMILES string of the molecule is CC1CN(C(=O)CCc2ccc(C#N)cc2)CC(C)O1. The summed E-state index contributed by atoms with van der Waals surface area (Å²) in [6.45, 7) is 5.35. The number of hydrogen-bond acceptors (Lipinski definition) is 3. The first-order valence-corrected chi connectivity index (χ1v) is 7.00. The van der Waals surface area contributed by atoms with Crippen molar-refractivity contribution >= 4 is 5.91 Å². The second-order valence-electron chi connectivity index (χ2n) is 5.36. The smallest absolute Gasteiger partial charge is 0.223 e. The minimum Gasteiger partial charge on any atom is -0.372 e. The number of carbonyl (C=O) groups is 1. The van der Waals surface area contributed by atoms with E-state index in [4.69, 9.17) is 10.00 Å². The van der Waals surface area contributed by atoms with Crippen LogP contribution in [0.2, 0.25) is 0 Å². The summed E-state index contributed by atoms with van der Waals surface area (Å²) in [6.07, 6.45) is 1.44. The summed E-state index contributed by atoms with van der Waals surface area (Å²) in [5.74, 6) is 0.177. The van der Waals surface area contributed by atoms with Crippen LogP contribution in [0, 0.1) is 11.3 Å². The van der Waals surface area contributed by atoms with E-state index in [1.165, 1.54) is 0 Å². The van der Waals surface area contributed by atoms with Gasteiger partial charge >= 0.3 is 0 Å². The molecule has 0 spiro atoms. The molecular weight excluding hydrogens is 252 g/mol. The second kappa shape index (κ2) is 6.53. The Labute approximate surface area is 120 Å². The van der Waals surface area contributed by atoms with Gasteiger partial charge in [-0.05, 0) is 38.0 Å². The number of benzene rings is 1. The molecular formula is C16H20N2O2. The highest BCUT2D eigenvalue weighted by atomic mass is 16.5. The fourth-order valence-corrected chi connectivity index (χ4v) is 2.54. The summed E-state index contributed by atoms with van der Waals surface area (Å²) >= 11 is 0. The topological polar surface area (TPSA) is 53.3 Å². The van der Waals surface area contributed by atoms with E-state index in [1.807, 2.05) is 30.9 Å². The quantitative estimate of drug-likeness (QED) is 0.847. The molecule has 106 valence electrons. The van der Waals surface area contributed by atoms with E-state index < -0.39 is 0 Å². The van der Waals surface area contributed by atoms with Gasteiger partial charge in [-0.1, -0.05) is 12.1 Å². The normalized spacial score (nSPS) is 22.4. The molecule has 0 saturated carbocycles. The van der Waals surface area contributed by atoms with Crippen LogP contribution in [-0.2, 0) is 16.0 Å². The molecule has 0 aromatic heterocycles. The van der Waals surface area contributed by atoms with Gasteiger partial charge < -0.3 is 9.64 Å². The van der Waals surface area contributed by atoms with Crippen LogP contribution in [0.3, 0.4) is 0 Å². The average Bonchev–Trinajstić information content (AvgIpc) is 2.44. The highest BCUT2D eigenvalue weighted by Crippen LogP contribution is 2.13. The van der Waals surface area contributed by atoms with Crippen molar-refractivity contribution in [1.82, 2.24) is 4.90 Å². The van der Waals surface area contributed by atoms with E-state index in [0.717, 1.165) is 5.56 Å². The lowest BCUT2D eigenvalue weighted by Crippen LogP contribution is -2.48. The predicted molar refractivity (Wildman–Crippen MR) is 76.1 cm³/mol. The number of ether oxygens (including phenoxy) is 1. The van der Waals surface area contributed by atoms with Crippen LogP contribution in [0.15, 0.2) is 24.3 Å². The van der Waals surface area contributed by atoms with Crippen molar-refractivity contribution in [1.29, 1.82) is 5.26 Å². The molecule has 1 aliphatic rings. The molecule has 2 atom stereocenters. The predicted octanol–water partition coefficient (Wildman–Crippen LogP) is 2.13. The van der Waals surface area contributed by atoms with Crippen molar-refractivity contribution in [2.45, 2.75) is 38.9 Å². The molecule has 1 amide bonds. The zero-order valence-electron chi connectivity index (χ0n) is 12.0. The maximum atomic E-state index is 12.2. The van der Waals surface area contributed by atoms with Gasteiger partial charge in [-0.15, -0.1) is 0 Å². The molecule has 0 aliphatic carbocycles. The number of carbonyl (C=O) groups excluding carboxylic acids is 1. The first-order valence-electron chi connectivity index (χ1n) is 7.00. The lowest BCUT2D eigenvalue weighted by Gasteiger charge is -2.35. The third-order valence-corrected chi connectivity index (χ3v) is 3.48. The molecule has 0 N–H and O–H groups in total. The Bertz CT molecular complexity index is 494. The van der Waals surface area contributed by atoms with Crippen molar-refractivity contribution < 1.29 is 9.53 Å². The number of amides is 1. The Morgan fingerprint density at radius 1 is 1.30 bits per heavy atom. The third kappa shape index (κ3) is 3.82. The molecule has 1 saturated heterocycles. The van der Waals surface area contributed by atoms with Crippen molar-refractivity contribution in [2.24, 2.45) is 0 Å². The summed E-state index contributed by atoms with van der Waals surface area (Å²) in [5.41, 5.74) is 1.74. The van der Waals surface area contributed by atoms with E-state index in [2.05, 4.69) is 6.07 Å². The van der Waals surface area contributed by atoms with Crippen molar-refractivity contribution in [2.75, 3.05) is 13.1 Å². The molecule has 2 rings (SSSR count). The molecule has 1 aromatic rings. The number of rotatable bonds is 3. The molecule has 1 aliphatic heterocycles. The summed E-state index contributed by atoms with van der Waals surface area (Å²) < 4.78 is 5.63. The fraction of sp³-hybridized carbons (Fsp3) is 0.500. The Morgan fingerprint density at radius 3 is 2.45 bits per heavy atom. The van der Waals surface area contributed by atoms with Crippen LogP contribution in [0.5, 0.6) is 0 Å². The summed E-state index contributed by atoms with van der Waals surface area (Å²) in [7, 11) is 0. The summed E-state index contributed by atoms with van der Waals surface area (Å²) in [6, 6.07) is 9.50. The number of hydrogen-bond donors (Lipinski definition) is 0.